The summed E-state index contributed by atoms with van der Waals surface area (Å²) < 4.78 is 11.9. The fourth-order valence-electron chi connectivity index (χ4n) is 3.08. The SMILES string of the molecule is CCOc1cc(OCC)c(/C=C2\C(=O)NC(=O)N(c3cccc(Cl)c3C)C2=O)cc1Br. The lowest BCUT2D eigenvalue weighted by Crippen LogP contribution is -2.54. The first-order valence-corrected chi connectivity index (χ1v) is 10.7. The average molecular weight is 508 g/mol. The van der Waals surface area contributed by atoms with Gasteiger partial charge in [-0.1, -0.05) is 17.7 Å². The molecular formula is C22H20BrClN2O5. The molecule has 0 spiro atoms. The van der Waals surface area contributed by atoms with Crippen LogP contribution in [0, 0.1) is 6.92 Å². The summed E-state index contributed by atoms with van der Waals surface area (Å²) in [5.74, 6) is -0.548. The summed E-state index contributed by atoms with van der Waals surface area (Å²) in [6.45, 7) is 6.20. The molecule has 0 unspecified atom stereocenters. The van der Waals surface area contributed by atoms with E-state index in [1.807, 2.05) is 13.8 Å². The maximum atomic E-state index is 13.2. The van der Waals surface area contributed by atoms with Crippen molar-refractivity contribution in [2.24, 2.45) is 0 Å². The number of nitrogens with one attached hydrogen (secondary N) is 1. The summed E-state index contributed by atoms with van der Waals surface area (Å²) in [5, 5.41) is 2.61. The molecule has 1 aliphatic rings. The minimum atomic E-state index is -0.838. The number of halogens is 2. The van der Waals surface area contributed by atoms with Gasteiger partial charge in [-0.15, -0.1) is 0 Å². The highest BCUT2D eigenvalue weighted by Crippen LogP contribution is 2.35. The fraction of sp³-hybridized carbons (Fsp3) is 0.227. The molecule has 3 rings (SSSR count). The zero-order chi connectivity index (χ0) is 22.7. The first-order chi connectivity index (χ1) is 14.8. The largest absolute Gasteiger partial charge is 0.493 e. The molecule has 0 bridgehead atoms. The van der Waals surface area contributed by atoms with Crippen LogP contribution in [0.25, 0.3) is 6.08 Å². The van der Waals surface area contributed by atoms with Crippen LogP contribution in [0.3, 0.4) is 0 Å². The highest BCUT2D eigenvalue weighted by Gasteiger charge is 2.37. The third-order valence-corrected chi connectivity index (χ3v) is 5.57. The maximum Gasteiger partial charge on any atom is 0.335 e. The van der Waals surface area contributed by atoms with Gasteiger partial charge in [0.2, 0.25) is 0 Å². The molecule has 1 heterocycles. The predicted octanol–water partition coefficient (Wildman–Crippen LogP) is 4.87. The van der Waals surface area contributed by atoms with Crippen LogP contribution in [0.15, 0.2) is 40.4 Å². The summed E-state index contributed by atoms with van der Waals surface area (Å²) in [6, 6.07) is 7.40. The number of rotatable bonds is 6. The molecule has 1 N–H and O–H groups in total. The van der Waals surface area contributed by atoms with Crippen LogP contribution in [-0.2, 0) is 9.59 Å². The summed E-state index contributed by atoms with van der Waals surface area (Å²) >= 11 is 9.58. The number of urea groups is 1. The lowest BCUT2D eigenvalue weighted by atomic mass is 10.0. The Morgan fingerprint density at radius 2 is 1.77 bits per heavy atom. The van der Waals surface area contributed by atoms with Crippen molar-refractivity contribution in [2.45, 2.75) is 20.8 Å². The second-order valence-corrected chi connectivity index (χ2v) is 7.79. The lowest BCUT2D eigenvalue weighted by Gasteiger charge is -2.28. The highest BCUT2D eigenvalue weighted by atomic mass is 79.9. The van der Waals surface area contributed by atoms with Crippen LogP contribution in [0.5, 0.6) is 11.5 Å². The van der Waals surface area contributed by atoms with E-state index < -0.39 is 17.8 Å². The van der Waals surface area contributed by atoms with Crippen LogP contribution < -0.4 is 19.7 Å². The molecule has 162 valence electrons. The van der Waals surface area contributed by atoms with E-state index in [4.69, 9.17) is 21.1 Å². The minimum absolute atomic E-state index is 0.212. The number of amides is 4. The quantitative estimate of drug-likeness (QED) is 0.445. The first kappa shape index (κ1) is 22.8. The van der Waals surface area contributed by atoms with Gasteiger partial charge in [-0.05, 0) is 66.5 Å². The van der Waals surface area contributed by atoms with E-state index in [1.165, 1.54) is 6.08 Å². The van der Waals surface area contributed by atoms with Gasteiger partial charge < -0.3 is 9.47 Å². The smallest absolute Gasteiger partial charge is 0.335 e. The van der Waals surface area contributed by atoms with Crippen molar-refractivity contribution < 1.29 is 23.9 Å². The monoisotopic (exact) mass is 506 g/mol. The number of anilines is 1. The van der Waals surface area contributed by atoms with Gasteiger partial charge in [0, 0.05) is 16.7 Å². The number of hydrogen-bond donors (Lipinski definition) is 1. The summed E-state index contributed by atoms with van der Waals surface area (Å²) in [7, 11) is 0. The second kappa shape index (κ2) is 9.53. The molecule has 1 aliphatic heterocycles. The average Bonchev–Trinajstić information content (AvgIpc) is 2.71. The predicted molar refractivity (Wildman–Crippen MR) is 122 cm³/mol. The standard InChI is InChI=1S/C22H20BrClN2O5/c1-4-30-18-11-19(31-5-2)15(23)10-13(18)9-14-20(27)25-22(29)26(21(14)28)17-8-6-7-16(24)12(17)3/h6-11H,4-5H2,1-3H3,(H,25,27,29)/b14-9+. The molecule has 31 heavy (non-hydrogen) atoms. The molecule has 0 aliphatic carbocycles. The summed E-state index contributed by atoms with van der Waals surface area (Å²) in [6.07, 6.45) is 1.39. The van der Waals surface area contributed by atoms with Crippen molar-refractivity contribution in [3.63, 3.8) is 0 Å². The number of carbonyl (C=O) groups excluding carboxylic acids is 3. The zero-order valence-electron chi connectivity index (χ0n) is 17.1. The van der Waals surface area contributed by atoms with E-state index in [-0.39, 0.29) is 5.57 Å². The van der Waals surface area contributed by atoms with Gasteiger partial charge in [-0.3, -0.25) is 14.9 Å². The van der Waals surface area contributed by atoms with Crippen molar-refractivity contribution in [3.05, 3.63) is 56.5 Å². The van der Waals surface area contributed by atoms with Gasteiger partial charge in [0.1, 0.15) is 17.1 Å². The van der Waals surface area contributed by atoms with Crippen LogP contribution in [0.4, 0.5) is 10.5 Å². The molecule has 9 heteroatoms. The van der Waals surface area contributed by atoms with E-state index >= 15 is 0 Å². The van der Waals surface area contributed by atoms with Crippen molar-refractivity contribution in [1.82, 2.24) is 5.32 Å². The number of ether oxygens (including phenoxy) is 2. The van der Waals surface area contributed by atoms with Crippen LogP contribution in [0.2, 0.25) is 5.02 Å². The van der Waals surface area contributed by atoms with Crippen molar-refractivity contribution in [2.75, 3.05) is 18.1 Å². The molecule has 0 radical (unpaired) electrons. The molecule has 2 aromatic carbocycles. The number of hydrogen-bond acceptors (Lipinski definition) is 5. The zero-order valence-corrected chi connectivity index (χ0v) is 19.5. The molecule has 7 nitrogen and oxygen atoms in total. The molecule has 0 aromatic heterocycles. The Morgan fingerprint density at radius 1 is 1.10 bits per heavy atom. The van der Waals surface area contributed by atoms with E-state index in [2.05, 4.69) is 21.2 Å². The minimum Gasteiger partial charge on any atom is -0.493 e. The third kappa shape index (κ3) is 4.60. The van der Waals surface area contributed by atoms with Gasteiger partial charge in [-0.25, -0.2) is 9.69 Å². The fourth-order valence-corrected chi connectivity index (χ4v) is 3.72. The Morgan fingerprint density at radius 3 is 2.45 bits per heavy atom. The van der Waals surface area contributed by atoms with Crippen LogP contribution in [-0.4, -0.2) is 31.1 Å². The Hall–Kier alpha value is -2.84. The van der Waals surface area contributed by atoms with E-state index in [0.717, 1.165) is 4.90 Å². The molecular weight excluding hydrogens is 488 g/mol. The first-order valence-electron chi connectivity index (χ1n) is 9.54. The molecule has 4 amide bonds. The number of imide groups is 2. The Labute approximate surface area is 193 Å². The Bertz CT molecular complexity index is 1100. The molecule has 1 fully saturated rings. The van der Waals surface area contributed by atoms with Crippen molar-refractivity contribution >= 4 is 57.1 Å². The summed E-state index contributed by atoms with van der Waals surface area (Å²) in [4.78, 5) is 39.1. The lowest BCUT2D eigenvalue weighted by molar-refractivity contribution is -0.122. The van der Waals surface area contributed by atoms with Crippen LogP contribution >= 0.6 is 27.5 Å². The van der Waals surface area contributed by atoms with E-state index in [0.29, 0.717) is 51.0 Å². The highest BCUT2D eigenvalue weighted by molar-refractivity contribution is 9.10. The normalized spacial score (nSPS) is 15.3. The van der Waals surface area contributed by atoms with Gasteiger partial charge in [0.25, 0.3) is 11.8 Å². The summed E-state index contributed by atoms with van der Waals surface area (Å²) in [5.41, 5.74) is 1.11. The molecule has 0 atom stereocenters. The second-order valence-electron chi connectivity index (χ2n) is 6.53. The van der Waals surface area contributed by atoms with Crippen molar-refractivity contribution in [3.8, 4) is 11.5 Å². The number of barbiturate groups is 1. The van der Waals surface area contributed by atoms with Crippen LogP contribution in [0.1, 0.15) is 25.0 Å². The third-order valence-electron chi connectivity index (χ3n) is 4.55. The van der Waals surface area contributed by atoms with E-state index in [1.54, 1.807) is 37.3 Å². The maximum absolute atomic E-state index is 13.2. The van der Waals surface area contributed by atoms with Gasteiger partial charge in [0.15, 0.2) is 0 Å². The molecule has 0 saturated carbocycles. The van der Waals surface area contributed by atoms with E-state index in [9.17, 15) is 14.4 Å². The van der Waals surface area contributed by atoms with Crippen molar-refractivity contribution in [1.29, 1.82) is 0 Å². The number of benzene rings is 2. The Balaban J connectivity index is 2.10. The molecule has 2 aromatic rings. The van der Waals surface area contributed by atoms with Gasteiger partial charge in [-0.2, -0.15) is 0 Å². The number of carbonyl (C=O) groups is 3. The number of nitrogens with zero attached hydrogens (tertiary/aromatic N) is 1. The topological polar surface area (TPSA) is 84.9 Å². The molecule has 1 saturated heterocycles. The van der Waals surface area contributed by atoms with Gasteiger partial charge in [0.05, 0.1) is 23.4 Å². The van der Waals surface area contributed by atoms with Gasteiger partial charge >= 0.3 is 6.03 Å². The Kier molecular flexibility index (Phi) is 7.02.